The zero-order valence-corrected chi connectivity index (χ0v) is 9.81. The summed E-state index contributed by atoms with van der Waals surface area (Å²) in [6, 6.07) is 11.3. The van der Waals surface area contributed by atoms with E-state index in [1.54, 1.807) is 12.1 Å². The highest BCUT2D eigenvalue weighted by Crippen LogP contribution is 2.39. The molecule has 2 aromatic rings. The maximum absolute atomic E-state index is 11.1. The van der Waals surface area contributed by atoms with Gasteiger partial charge in [0.2, 0.25) is 5.91 Å². The summed E-state index contributed by atoms with van der Waals surface area (Å²) in [7, 11) is 0. The van der Waals surface area contributed by atoms with Gasteiger partial charge in [0.1, 0.15) is 5.75 Å². The molecule has 0 heterocycles. The van der Waals surface area contributed by atoms with Crippen molar-refractivity contribution >= 4 is 5.91 Å². The summed E-state index contributed by atoms with van der Waals surface area (Å²) >= 11 is 0. The zero-order chi connectivity index (χ0) is 12.7. The summed E-state index contributed by atoms with van der Waals surface area (Å²) in [5, 5.41) is 9.52. The number of benzene rings is 2. The topological polar surface area (TPSA) is 63.3 Å². The molecule has 0 saturated heterocycles. The first-order valence-electron chi connectivity index (χ1n) is 5.86. The van der Waals surface area contributed by atoms with Gasteiger partial charge in [0.15, 0.2) is 0 Å². The van der Waals surface area contributed by atoms with E-state index in [0.717, 1.165) is 34.2 Å². The van der Waals surface area contributed by atoms with Gasteiger partial charge in [-0.15, -0.1) is 0 Å². The van der Waals surface area contributed by atoms with Crippen LogP contribution in [0, 0.1) is 0 Å². The van der Waals surface area contributed by atoms with E-state index in [0.29, 0.717) is 0 Å². The molecule has 0 saturated carbocycles. The number of rotatable bonds is 2. The first-order chi connectivity index (χ1) is 8.65. The predicted octanol–water partition coefficient (Wildman–Crippen LogP) is 1.99. The van der Waals surface area contributed by atoms with Crippen LogP contribution in [0.4, 0.5) is 0 Å². The molecule has 1 aliphatic carbocycles. The highest BCUT2D eigenvalue weighted by molar-refractivity contribution is 5.82. The standard InChI is InChI=1S/C15H13NO2/c16-15(18)8-9-2-1-3-13-12-5-4-11(17)6-10(12)7-14(9)13/h1-6,17H,7-8H2,(H2,16,18). The summed E-state index contributed by atoms with van der Waals surface area (Å²) in [4.78, 5) is 11.1. The molecule has 3 N–H and O–H groups in total. The van der Waals surface area contributed by atoms with Crippen molar-refractivity contribution in [1.29, 1.82) is 0 Å². The number of carbonyl (C=O) groups excluding carboxylic acids is 1. The Kier molecular flexibility index (Phi) is 2.33. The monoisotopic (exact) mass is 239 g/mol. The molecular formula is C15H13NO2. The fraction of sp³-hybridized carbons (Fsp3) is 0.133. The third-order valence-corrected chi connectivity index (χ3v) is 3.38. The van der Waals surface area contributed by atoms with E-state index in [1.807, 2.05) is 24.3 Å². The minimum Gasteiger partial charge on any atom is -0.508 e. The van der Waals surface area contributed by atoms with Crippen LogP contribution in [0.15, 0.2) is 36.4 Å². The van der Waals surface area contributed by atoms with E-state index >= 15 is 0 Å². The Balaban J connectivity index is 2.13. The number of aromatic hydroxyl groups is 1. The van der Waals surface area contributed by atoms with Crippen LogP contribution in [0.1, 0.15) is 16.7 Å². The van der Waals surface area contributed by atoms with E-state index < -0.39 is 0 Å². The van der Waals surface area contributed by atoms with E-state index in [1.165, 1.54) is 0 Å². The number of carbonyl (C=O) groups is 1. The Morgan fingerprint density at radius 1 is 1.22 bits per heavy atom. The van der Waals surface area contributed by atoms with Crippen LogP contribution in [0.3, 0.4) is 0 Å². The summed E-state index contributed by atoms with van der Waals surface area (Å²) in [5.74, 6) is -0.0415. The van der Waals surface area contributed by atoms with Gasteiger partial charge < -0.3 is 10.8 Å². The predicted molar refractivity (Wildman–Crippen MR) is 69.2 cm³/mol. The Bertz CT molecular complexity index is 647. The van der Waals surface area contributed by atoms with Crippen molar-refractivity contribution in [3.8, 4) is 16.9 Å². The molecule has 2 aromatic carbocycles. The van der Waals surface area contributed by atoms with Gasteiger partial charge in [-0.25, -0.2) is 0 Å². The summed E-state index contributed by atoms with van der Waals surface area (Å²) in [5.41, 5.74) is 10.8. The lowest BCUT2D eigenvalue weighted by atomic mass is 9.99. The second-order valence-corrected chi connectivity index (χ2v) is 4.60. The second-order valence-electron chi connectivity index (χ2n) is 4.60. The van der Waals surface area contributed by atoms with E-state index in [9.17, 15) is 9.90 Å². The number of nitrogens with two attached hydrogens (primary N) is 1. The largest absolute Gasteiger partial charge is 0.508 e. The van der Waals surface area contributed by atoms with Gasteiger partial charge in [-0.05, 0) is 46.4 Å². The molecule has 0 aliphatic heterocycles. The molecule has 3 rings (SSSR count). The van der Waals surface area contributed by atoms with E-state index in [-0.39, 0.29) is 18.1 Å². The van der Waals surface area contributed by atoms with Gasteiger partial charge in [-0.2, -0.15) is 0 Å². The number of amides is 1. The second kappa shape index (κ2) is 3.88. The lowest BCUT2D eigenvalue weighted by Gasteiger charge is -2.06. The molecule has 1 aliphatic rings. The van der Waals surface area contributed by atoms with Gasteiger partial charge in [-0.3, -0.25) is 4.79 Å². The van der Waals surface area contributed by atoms with Gasteiger partial charge in [-0.1, -0.05) is 24.3 Å². The van der Waals surface area contributed by atoms with Crippen LogP contribution >= 0.6 is 0 Å². The lowest BCUT2D eigenvalue weighted by molar-refractivity contribution is -0.117. The molecule has 0 spiro atoms. The number of primary amides is 1. The van der Waals surface area contributed by atoms with Crippen molar-refractivity contribution in [1.82, 2.24) is 0 Å². The van der Waals surface area contributed by atoms with Crippen LogP contribution in [-0.4, -0.2) is 11.0 Å². The van der Waals surface area contributed by atoms with E-state index in [2.05, 4.69) is 0 Å². The molecule has 90 valence electrons. The maximum Gasteiger partial charge on any atom is 0.221 e. The average Bonchev–Trinajstić information content (AvgIpc) is 2.67. The summed E-state index contributed by atoms with van der Waals surface area (Å²) in [6.07, 6.45) is 1.02. The molecule has 1 amide bonds. The molecule has 18 heavy (non-hydrogen) atoms. The third kappa shape index (κ3) is 1.64. The van der Waals surface area contributed by atoms with Crippen molar-refractivity contribution < 1.29 is 9.90 Å². The van der Waals surface area contributed by atoms with Gasteiger partial charge in [0, 0.05) is 0 Å². The molecule has 0 radical (unpaired) electrons. The van der Waals surface area contributed by atoms with Crippen LogP contribution in [-0.2, 0) is 17.6 Å². The Labute approximate surface area is 105 Å². The minimum absolute atomic E-state index is 0.267. The Morgan fingerprint density at radius 3 is 2.83 bits per heavy atom. The fourth-order valence-electron chi connectivity index (χ4n) is 2.63. The van der Waals surface area contributed by atoms with Crippen LogP contribution in [0.5, 0.6) is 5.75 Å². The maximum atomic E-state index is 11.1. The van der Waals surface area contributed by atoms with E-state index in [4.69, 9.17) is 5.73 Å². The minimum atomic E-state index is -0.317. The number of hydrogen-bond donors (Lipinski definition) is 2. The summed E-state index contributed by atoms with van der Waals surface area (Å²) in [6.45, 7) is 0. The van der Waals surface area contributed by atoms with Gasteiger partial charge in [0.25, 0.3) is 0 Å². The molecule has 0 atom stereocenters. The zero-order valence-electron chi connectivity index (χ0n) is 9.81. The molecule has 3 nitrogen and oxygen atoms in total. The first kappa shape index (κ1) is 10.8. The first-order valence-corrected chi connectivity index (χ1v) is 5.86. The van der Waals surface area contributed by atoms with Crippen molar-refractivity contribution in [3.63, 3.8) is 0 Å². The quantitative estimate of drug-likeness (QED) is 0.718. The molecule has 0 bridgehead atoms. The van der Waals surface area contributed by atoms with Crippen molar-refractivity contribution in [2.45, 2.75) is 12.8 Å². The van der Waals surface area contributed by atoms with Crippen LogP contribution in [0.2, 0.25) is 0 Å². The SMILES string of the molecule is NC(=O)Cc1cccc2c1Cc1cc(O)ccc1-2. The normalized spacial score (nSPS) is 12.0. The highest BCUT2D eigenvalue weighted by Gasteiger charge is 2.21. The fourth-order valence-corrected chi connectivity index (χ4v) is 2.63. The molecule has 0 unspecified atom stereocenters. The smallest absolute Gasteiger partial charge is 0.221 e. The highest BCUT2D eigenvalue weighted by atomic mass is 16.3. The van der Waals surface area contributed by atoms with Crippen LogP contribution < -0.4 is 5.73 Å². The van der Waals surface area contributed by atoms with Crippen molar-refractivity contribution in [3.05, 3.63) is 53.1 Å². The van der Waals surface area contributed by atoms with Gasteiger partial charge in [0.05, 0.1) is 6.42 Å². The Hall–Kier alpha value is -2.29. The summed E-state index contributed by atoms with van der Waals surface area (Å²) < 4.78 is 0. The van der Waals surface area contributed by atoms with Crippen molar-refractivity contribution in [2.75, 3.05) is 0 Å². The van der Waals surface area contributed by atoms with Crippen LogP contribution in [0.25, 0.3) is 11.1 Å². The number of phenols is 1. The molecule has 3 heteroatoms. The lowest BCUT2D eigenvalue weighted by Crippen LogP contribution is -2.14. The Morgan fingerprint density at radius 2 is 2.06 bits per heavy atom. The third-order valence-electron chi connectivity index (χ3n) is 3.38. The number of phenolic OH excluding ortho intramolecular Hbond substituents is 1. The molecule has 0 aromatic heterocycles. The number of fused-ring (bicyclic) bond motifs is 3. The van der Waals surface area contributed by atoms with Gasteiger partial charge >= 0.3 is 0 Å². The average molecular weight is 239 g/mol. The molecule has 0 fully saturated rings. The number of hydrogen-bond acceptors (Lipinski definition) is 2. The molecular weight excluding hydrogens is 226 g/mol. The van der Waals surface area contributed by atoms with Crippen molar-refractivity contribution in [2.24, 2.45) is 5.73 Å².